The molecule has 4 saturated carbocycles. The number of hydrogen-bond donors (Lipinski definition) is 17. The lowest BCUT2D eigenvalue weighted by molar-refractivity contribution is -0.377. The van der Waals surface area contributed by atoms with Crippen LogP contribution in [0.4, 0.5) is 0 Å². The minimum absolute atomic E-state index is 0.00553. The van der Waals surface area contributed by atoms with E-state index in [1.165, 1.54) is 13.8 Å². The first-order valence-electron chi connectivity index (χ1n) is 30.3. The van der Waals surface area contributed by atoms with E-state index in [0.29, 0.717) is 19.3 Å². The maximum absolute atomic E-state index is 15.5. The lowest BCUT2D eigenvalue weighted by Crippen LogP contribution is -2.73. The number of aliphatic hydroxyl groups is 17. The van der Waals surface area contributed by atoms with Crippen molar-refractivity contribution in [2.24, 2.45) is 50.2 Å². The zero-order valence-corrected chi connectivity index (χ0v) is 49.8. The van der Waals surface area contributed by atoms with Crippen molar-refractivity contribution in [3.05, 3.63) is 11.6 Å². The molecule has 0 aromatic carbocycles. The van der Waals surface area contributed by atoms with Gasteiger partial charge in [0.15, 0.2) is 31.3 Å². The molecule has 0 bridgehead atoms. The van der Waals surface area contributed by atoms with E-state index in [1.54, 1.807) is 6.92 Å². The second-order valence-electron chi connectivity index (χ2n) is 28.4. The highest BCUT2D eigenvalue weighted by Gasteiger charge is 2.75. The van der Waals surface area contributed by atoms with Gasteiger partial charge in [-0.2, -0.15) is 0 Å². The molecule has 28 heteroatoms. The number of rotatable bonds is 12. The summed E-state index contributed by atoms with van der Waals surface area (Å²) in [6.07, 6.45) is -39.3. The largest absolute Gasteiger partial charge is 0.432 e. The number of ether oxygens (including phenoxy) is 10. The topological polar surface area (TPSA) is 453 Å². The summed E-state index contributed by atoms with van der Waals surface area (Å²) in [5, 5.41) is 190. The molecule has 10 aliphatic rings. The number of esters is 1. The van der Waals surface area contributed by atoms with Crippen LogP contribution in [0.1, 0.15) is 100 Å². The molecule has 10 rings (SSSR count). The normalized spacial score (nSPS) is 56.5. The fraction of sp³-hybridized carbons (Fsp3) is 0.948. The Balaban J connectivity index is 0.865. The summed E-state index contributed by atoms with van der Waals surface area (Å²) < 4.78 is 58.8. The van der Waals surface area contributed by atoms with Crippen LogP contribution in [0.15, 0.2) is 11.6 Å². The number of hydrogen-bond acceptors (Lipinski definition) is 28. The Kier molecular flexibility index (Phi) is 18.9. The molecule has 28 nitrogen and oxygen atoms in total. The van der Waals surface area contributed by atoms with Crippen molar-refractivity contribution in [1.82, 2.24) is 0 Å². The van der Waals surface area contributed by atoms with Gasteiger partial charge in [-0.3, -0.25) is 4.79 Å². The summed E-state index contributed by atoms with van der Waals surface area (Å²) in [5.74, 6) is -2.63. The van der Waals surface area contributed by atoms with E-state index in [4.69, 9.17) is 47.4 Å². The summed E-state index contributed by atoms with van der Waals surface area (Å²) in [5.41, 5.74) is -5.23. The average Bonchev–Trinajstić information content (AvgIpc) is 0.677. The van der Waals surface area contributed by atoms with Crippen molar-refractivity contribution in [3.8, 4) is 0 Å². The van der Waals surface area contributed by atoms with E-state index >= 15 is 4.79 Å². The van der Waals surface area contributed by atoms with Crippen molar-refractivity contribution in [2.45, 2.75) is 266 Å². The van der Waals surface area contributed by atoms with Crippen molar-refractivity contribution in [1.29, 1.82) is 0 Å². The third-order valence-corrected chi connectivity index (χ3v) is 22.7. The van der Waals surface area contributed by atoms with Crippen LogP contribution >= 0.6 is 0 Å². The molecule has 0 radical (unpaired) electrons. The molecule has 0 aromatic rings. The molecule has 35 atom stereocenters. The zero-order chi connectivity index (χ0) is 63.0. The lowest BCUT2D eigenvalue weighted by Gasteiger charge is -2.73. The Bertz CT molecular complexity index is 2420. The fourth-order valence-electron chi connectivity index (χ4n) is 17.8. The van der Waals surface area contributed by atoms with E-state index in [1.807, 2.05) is 13.8 Å². The molecular formula is C58H94O28. The quantitative estimate of drug-likeness (QED) is 0.0494. The summed E-state index contributed by atoms with van der Waals surface area (Å²) >= 11 is 0. The first kappa shape index (κ1) is 67.1. The Morgan fingerprint density at radius 3 is 1.78 bits per heavy atom. The van der Waals surface area contributed by atoms with Gasteiger partial charge < -0.3 is 134 Å². The molecule has 17 N–H and O–H groups in total. The number of carbonyl (C=O) groups excluding carboxylic acids is 1. The van der Waals surface area contributed by atoms with Gasteiger partial charge in [0.25, 0.3) is 0 Å². The van der Waals surface area contributed by atoms with Gasteiger partial charge in [0, 0.05) is 11.3 Å². The van der Waals surface area contributed by atoms with Crippen LogP contribution < -0.4 is 0 Å². The number of allylic oxidation sites excluding steroid dienone is 2. The molecule has 1 unspecified atom stereocenters. The van der Waals surface area contributed by atoms with Gasteiger partial charge in [0.2, 0.25) is 6.29 Å². The number of carbonyl (C=O) groups is 1. The van der Waals surface area contributed by atoms with Gasteiger partial charge in [-0.25, -0.2) is 0 Å². The molecule has 5 saturated heterocycles. The van der Waals surface area contributed by atoms with Crippen LogP contribution in [-0.4, -0.2) is 285 Å². The molecule has 0 spiro atoms. The molecule has 5 aliphatic carbocycles. The van der Waals surface area contributed by atoms with E-state index in [0.717, 1.165) is 5.57 Å². The first-order valence-corrected chi connectivity index (χ1v) is 30.3. The minimum Gasteiger partial charge on any atom is -0.432 e. The van der Waals surface area contributed by atoms with Crippen molar-refractivity contribution in [3.63, 3.8) is 0 Å². The third kappa shape index (κ3) is 10.8. The average molecular weight is 1240 g/mol. The predicted octanol–water partition coefficient (Wildman–Crippen LogP) is -4.99. The predicted molar refractivity (Wildman–Crippen MR) is 286 cm³/mol. The van der Waals surface area contributed by atoms with Crippen LogP contribution in [0.25, 0.3) is 0 Å². The van der Waals surface area contributed by atoms with E-state index in [9.17, 15) is 86.8 Å². The second-order valence-corrected chi connectivity index (χ2v) is 28.4. The smallest absolute Gasteiger partial charge is 0.317 e. The van der Waals surface area contributed by atoms with Gasteiger partial charge in [0.1, 0.15) is 97.0 Å². The highest BCUT2D eigenvalue weighted by atomic mass is 16.8. The lowest BCUT2D eigenvalue weighted by atomic mass is 9.32. The number of fused-ring (bicyclic) bond motifs is 7. The molecule has 5 heterocycles. The van der Waals surface area contributed by atoms with Gasteiger partial charge in [-0.1, -0.05) is 53.2 Å². The van der Waals surface area contributed by atoms with Gasteiger partial charge in [-0.05, 0) is 92.3 Å². The molecule has 0 amide bonds. The SMILES string of the molecule is C[C@@H]1O[C@@H](O[C@@H]2[C@@H](O)[C@H](O[C@H]3[C@@H](O)[C@H](O)[C@H](O[C@H]4[C@H](OC(=O)[C@]56CCC(C)(C)C[C@H]5C5=CCC7[C@@]8(C)C[C@H](O)[C@H](O[C@@H]9O[C@H](CO)[C@@H](O)[C@H](O)[C@H]9O)[C@@](C)(CO)[C@@H]8[C@H](O)C[C@@]7(C)[C@]5(C)C[C@H]6O)OC[C@H](O)[C@@H]4O)O[C@H]3C)OC[C@H]2O)[C@@H](O)[C@H](O)[C@@H]1O. The summed E-state index contributed by atoms with van der Waals surface area (Å²) in [6.45, 7) is 12.3. The van der Waals surface area contributed by atoms with Gasteiger partial charge in [0.05, 0.1) is 63.1 Å². The van der Waals surface area contributed by atoms with E-state index < -0.39 is 237 Å². The molecule has 5 aliphatic heterocycles. The van der Waals surface area contributed by atoms with Crippen molar-refractivity contribution >= 4 is 5.97 Å². The van der Waals surface area contributed by atoms with Crippen LogP contribution in [0.2, 0.25) is 0 Å². The molecular weight excluding hydrogens is 1140 g/mol. The summed E-state index contributed by atoms with van der Waals surface area (Å²) in [6, 6.07) is 0. The minimum atomic E-state index is -2.00. The molecule has 494 valence electrons. The summed E-state index contributed by atoms with van der Waals surface area (Å²) in [7, 11) is 0. The molecule has 86 heavy (non-hydrogen) atoms. The van der Waals surface area contributed by atoms with Gasteiger partial charge in [-0.15, -0.1) is 0 Å². The Labute approximate surface area is 498 Å². The maximum Gasteiger partial charge on any atom is 0.317 e. The molecule has 0 aromatic heterocycles. The van der Waals surface area contributed by atoms with Crippen LogP contribution in [0, 0.1) is 50.2 Å². The highest BCUT2D eigenvalue weighted by Crippen LogP contribution is 2.76. The van der Waals surface area contributed by atoms with Crippen LogP contribution in [-0.2, 0) is 52.2 Å². The molecule has 9 fully saturated rings. The second kappa shape index (κ2) is 24.3. The summed E-state index contributed by atoms with van der Waals surface area (Å²) in [4.78, 5) is 15.5. The van der Waals surface area contributed by atoms with Crippen LogP contribution in [0.5, 0.6) is 0 Å². The van der Waals surface area contributed by atoms with Crippen molar-refractivity contribution < 1.29 is 139 Å². The standard InChI is InChI=1S/C58H94O28/c1-21-32(66)35(69)38(72)48(79-21)83-43-28(64)19-77-47(41(43)75)82-42-22(2)80-49(40(74)37(42)71)84-44-33(67)27(63)18-78-51(44)86-52(76)58-12-11-53(3,4)13-24(58)23-9-10-30-54(5)14-26(62)46(85-50-39(73)36(70)34(68)29(17-59)81-50)55(6,20-60)45(54)25(61)15-57(30,8)56(23,7)16-31(58)65/h9,21-22,24-51,59-75H,10-20H2,1-8H3/t21-,22-,24-,25+,26-,27-,28+,29+,30?,31+,32+,33-,34+,35+,36-,37-,38-,39+,40-,41+,42+,43-,44+,45+,46-,47-,48-,49-,50-,51-,54+,55-,56+,57+,58+/m0/s1. The van der Waals surface area contributed by atoms with Crippen molar-refractivity contribution in [2.75, 3.05) is 26.4 Å². The Morgan fingerprint density at radius 1 is 0.547 bits per heavy atom. The highest BCUT2D eigenvalue weighted by molar-refractivity contribution is 5.80. The third-order valence-electron chi connectivity index (χ3n) is 22.7. The van der Waals surface area contributed by atoms with E-state index in [-0.39, 0.29) is 37.0 Å². The van der Waals surface area contributed by atoms with Crippen LogP contribution in [0.3, 0.4) is 0 Å². The van der Waals surface area contributed by atoms with Gasteiger partial charge >= 0.3 is 5.97 Å². The number of aliphatic hydroxyl groups excluding tert-OH is 17. The fourth-order valence-corrected chi connectivity index (χ4v) is 17.8. The zero-order valence-electron chi connectivity index (χ0n) is 49.8. The van der Waals surface area contributed by atoms with E-state index in [2.05, 4.69) is 26.8 Å². The monoisotopic (exact) mass is 1240 g/mol. The Hall–Kier alpha value is -1.83. The maximum atomic E-state index is 15.5. The Morgan fingerprint density at radius 2 is 1.13 bits per heavy atom. The first-order chi connectivity index (χ1) is 40.2.